The SMILES string of the molecule is N#Cc1cnc2ccc(C3=CCCNC3)cn12. The fraction of sp³-hybridized carbons (Fsp3) is 0.231. The molecule has 0 aliphatic carbocycles. The van der Waals surface area contributed by atoms with Crippen LogP contribution in [0.2, 0.25) is 0 Å². The van der Waals surface area contributed by atoms with Gasteiger partial charge in [0.15, 0.2) is 0 Å². The first-order chi connectivity index (χ1) is 8.38. The normalized spacial score (nSPS) is 15.6. The van der Waals surface area contributed by atoms with Crippen LogP contribution in [0.4, 0.5) is 0 Å². The molecule has 0 saturated heterocycles. The lowest BCUT2D eigenvalue weighted by Gasteiger charge is -2.14. The van der Waals surface area contributed by atoms with Gasteiger partial charge in [0.25, 0.3) is 0 Å². The van der Waals surface area contributed by atoms with Crippen LogP contribution in [-0.2, 0) is 0 Å². The standard InChI is InChI=1S/C13H12N4/c14-6-12-8-16-13-4-3-11(9-17(12)13)10-2-1-5-15-7-10/h2-4,8-9,15H,1,5,7H2. The third-order valence-corrected chi connectivity index (χ3v) is 3.02. The van der Waals surface area contributed by atoms with E-state index in [1.54, 1.807) is 6.20 Å². The maximum atomic E-state index is 8.99. The van der Waals surface area contributed by atoms with E-state index in [0.717, 1.165) is 30.7 Å². The predicted molar refractivity (Wildman–Crippen MR) is 65.4 cm³/mol. The van der Waals surface area contributed by atoms with Gasteiger partial charge in [0.05, 0.1) is 6.20 Å². The van der Waals surface area contributed by atoms with Crippen LogP contribution in [-0.4, -0.2) is 22.5 Å². The Morgan fingerprint density at radius 2 is 2.35 bits per heavy atom. The van der Waals surface area contributed by atoms with Crippen molar-refractivity contribution in [3.8, 4) is 6.07 Å². The zero-order chi connectivity index (χ0) is 11.7. The van der Waals surface area contributed by atoms with E-state index in [1.165, 1.54) is 5.57 Å². The van der Waals surface area contributed by atoms with Crippen molar-refractivity contribution in [2.75, 3.05) is 13.1 Å². The molecule has 0 bridgehead atoms. The van der Waals surface area contributed by atoms with Crippen molar-refractivity contribution in [2.45, 2.75) is 6.42 Å². The fourth-order valence-electron chi connectivity index (χ4n) is 2.12. The Bertz CT molecular complexity index is 630. The van der Waals surface area contributed by atoms with Gasteiger partial charge < -0.3 is 5.32 Å². The highest BCUT2D eigenvalue weighted by Crippen LogP contribution is 2.18. The van der Waals surface area contributed by atoms with Crippen molar-refractivity contribution >= 4 is 11.2 Å². The van der Waals surface area contributed by atoms with E-state index in [1.807, 2.05) is 16.7 Å². The van der Waals surface area contributed by atoms with Crippen LogP contribution < -0.4 is 5.32 Å². The van der Waals surface area contributed by atoms with Crippen molar-refractivity contribution in [1.82, 2.24) is 14.7 Å². The fourth-order valence-corrected chi connectivity index (χ4v) is 2.12. The number of nitrogens with zero attached hydrogens (tertiary/aromatic N) is 3. The minimum absolute atomic E-state index is 0.575. The number of aromatic nitrogens is 2. The molecule has 4 nitrogen and oxygen atoms in total. The van der Waals surface area contributed by atoms with E-state index in [0.29, 0.717) is 5.69 Å². The van der Waals surface area contributed by atoms with E-state index in [9.17, 15) is 0 Å². The number of fused-ring (bicyclic) bond motifs is 1. The van der Waals surface area contributed by atoms with Crippen molar-refractivity contribution in [1.29, 1.82) is 5.26 Å². The lowest BCUT2D eigenvalue weighted by atomic mass is 10.0. The second-order valence-corrected chi connectivity index (χ2v) is 4.10. The summed E-state index contributed by atoms with van der Waals surface area (Å²) in [4.78, 5) is 4.18. The Morgan fingerprint density at radius 1 is 1.41 bits per heavy atom. The number of rotatable bonds is 1. The Labute approximate surface area is 99.2 Å². The van der Waals surface area contributed by atoms with Gasteiger partial charge in [0.1, 0.15) is 17.4 Å². The molecule has 0 saturated carbocycles. The molecule has 1 aliphatic rings. The summed E-state index contributed by atoms with van der Waals surface area (Å²) in [6, 6.07) is 6.15. The first-order valence-corrected chi connectivity index (χ1v) is 5.66. The van der Waals surface area contributed by atoms with Gasteiger partial charge >= 0.3 is 0 Å². The zero-order valence-electron chi connectivity index (χ0n) is 9.35. The van der Waals surface area contributed by atoms with Crippen molar-refractivity contribution < 1.29 is 0 Å². The molecule has 3 heterocycles. The summed E-state index contributed by atoms with van der Waals surface area (Å²) in [7, 11) is 0. The lowest BCUT2D eigenvalue weighted by Crippen LogP contribution is -2.21. The summed E-state index contributed by atoms with van der Waals surface area (Å²) >= 11 is 0. The van der Waals surface area contributed by atoms with E-state index in [2.05, 4.69) is 28.5 Å². The molecule has 4 heteroatoms. The molecule has 0 spiro atoms. The van der Waals surface area contributed by atoms with E-state index in [-0.39, 0.29) is 0 Å². The highest BCUT2D eigenvalue weighted by Gasteiger charge is 2.08. The third kappa shape index (κ3) is 1.71. The lowest BCUT2D eigenvalue weighted by molar-refractivity contribution is 0.739. The van der Waals surface area contributed by atoms with Crippen molar-refractivity contribution in [2.24, 2.45) is 0 Å². The summed E-state index contributed by atoms with van der Waals surface area (Å²) in [5.74, 6) is 0. The van der Waals surface area contributed by atoms with Crippen LogP contribution >= 0.6 is 0 Å². The largest absolute Gasteiger partial charge is 0.312 e. The van der Waals surface area contributed by atoms with E-state index >= 15 is 0 Å². The van der Waals surface area contributed by atoms with Gasteiger partial charge in [-0.05, 0) is 36.2 Å². The van der Waals surface area contributed by atoms with Crippen LogP contribution in [0.3, 0.4) is 0 Å². The third-order valence-electron chi connectivity index (χ3n) is 3.02. The summed E-state index contributed by atoms with van der Waals surface area (Å²) in [6.07, 6.45) is 6.90. The van der Waals surface area contributed by atoms with Crippen LogP contribution in [0.1, 0.15) is 17.7 Å². The summed E-state index contributed by atoms with van der Waals surface area (Å²) < 4.78 is 1.84. The van der Waals surface area contributed by atoms with Gasteiger partial charge in [0.2, 0.25) is 0 Å². The molecule has 0 fully saturated rings. The Morgan fingerprint density at radius 3 is 3.12 bits per heavy atom. The van der Waals surface area contributed by atoms with E-state index < -0.39 is 0 Å². The smallest absolute Gasteiger partial charge is 0.144 e. The van der Waals surface area contributed by atoms with Gasteiger partial charge in [-0.1, -0.05) is 6.08 Å². The second kappa shape index (κ2) is 4.04. The minimum Gasteiger partial charge on any atom is -0.312 e. The van der Waals surface area contributed by atoms with Crippen molar-refractivity contribution in [3.63, 3.8) is 0 Å². The second-order valence-electron chi connectivity index (χ2n) is 4.10. The first kappa shape index (κ1) is 10.1. The molecular weight excluding hydrogens is 212 g/mol. The topological polar surface area (TPSA) is 53.1 Å². The van der Waals surface area contributed by atoms with Crippen LogP contribution in [0.15, 0.2) is 30.6 Å². The molecule has 0 radical (unpaired) electrons. The molecule has 2 aromatic rings. The number of nitriles is 1. The van der Waals surface area contributed by atoms with Gasteiger partial charge in [-0.3, -0.25) is 4.40 Å². The summed E-state index contributed by atoms with van der Waals surface area (Å²) in [5, 5.41) is 12.3. The highest BCUT2D eigenvalue weighted by atomic mass is 15.0. The Kier molecular flexibility index (Phi) is 2.39. The Hall–Kier alpha value is -2.12. The Balaban J connectivity index is 2.12. The van der Waals surface area contributed by atoms with Gasteiger partial charge in [-0.2, -0.15) is 5.26 Å². The van der Waals surface area contributed by atoms with Crippen LogP contribution in [0.5, 0.6) is 0 Å². The molecule has 3 rings (SSSR count). The first-order valence-electron chi connectivity index (χ1n) is 5.66. The summed E-state index contributed by atoms with van der Waals surface area (Å²) in [6.45, 7) is 1.93. The molecule has 2 aromatic heterocycles. The van der Waals surface area contributed by atoms with E-state index in [4.69, 9.17) is 5.26 Å². The predicted octanol–water partition coefficient (Wildman–Crippen LogP) is 1.58. The maximum Gasteiger partial charge on any atom is 0.144 e. The van der Waals surface area contributed by atoms with Crippen molar-refractivity contribution in [3.05, 3.63) is 41.9 Å². The molecule has 17 heavy (non-hydrogen) atoms. The highest BCUT2D eigenvalue weighted by molar-refractivity contribution is 5.68. The molecule has 1 aliphatic heterocycles. The maximum absolute atomic E-state index is 8.99. The molecule has 0 unspecified atom stereocenters. The van der Waals surface area contributed by atoms with Crippen LogP contribution in [0, 0.1) is 11.3 Å². The zero-order valence-corrected chi connectivity index (χ0v) is 9.35. The average Bonchev–Trinajstić information content (AvgIpc) is 2.81. The molecule has 84 valence electrons. The number of hydrogen-bond donors (Lipinski definition) is 1. The molecule has 0 aromatic carbocycles. The average molecular weight is 224 g/mol. The number of pyridine rings is 1. The van der Waals surface area contributed by atoms with Crippen LogP contribution in [0.25, 0.3) is 11.2 Å². The molecule has 1 N–H and O–H groups in total. The summed E-state index contributed by atoms with van der Waals surface area (Å²) in [5.41, 5.74) is 3.83. The monoisotopic (exact) mass is 224 g/mol. The van der Waals surface area contributed by atoms with Gasteiger partial charge in [-0.15, -0.1) is 0 Å². The van der Waals surface area contributed by atoms with Gasteiger partial charge in [-0.25, -0.2) is 4.98 Å². The number of imidazole rings is 1. The van der Waals surface area contributed by atoms with Gasteiger partial charge in [0, 0.05) is 12.7 Å². The number of nitrogens with one attached hydrogen (secondary N) is 1. The molecular formula is C13H12N4. The quantitative estimate of drug-likeness (QED) is 0.800. The minimum atomic E-state index is 0.575. The molecule has 0 amide bonds. The number of hydrogen-bond acceptors (Lipinski definition) is 3. The molecule has 0 atom stereocenters.